The smallest absolute Gasteiger partial charge is 0.0783 e. The third kappa shape index (κ3) is 4.47. The van der Waals surface area contributed by atoms with Crippen molar-refractivity contribution in [3.8, 4) is 0 Å². The van der Waals surface area contributed by atoms with Gasteiger partial charge in [0.15, 0.2) is 0 Å². The first kappa shape index (κ1) is 11.6. The number of azo groups is 1. The van der Waals surface area contributed by atoms with Crippen LogP contribution in [0.4, 0.5) is 0 Å². The maximum atomic E-state index is 4.35. The molecule has 0 saturated carbocycles. The molecule has 0 spiro atoms. The lowest BCUT2D eigenvalue weighted by Crippen LogP contribution is -2.25. The van der Waals surface area contributed by atoms with Crippen molar-refractivity contribution in [1.82, 2.24) is 0 Å². The Labute approximate surface area is 76.5 Å². The standard InChI is InChI=1S/C10H22N2/c1-8(2)10(6,7)12-11-9(3,4)5/h8H,1-7H3. The average Bonchev–Trinajstić information content (AvgIpc) is 1.82. The van der Waals surface area contributed by atoms with E-state index in [0.29, 0.717) is 5.92 Å². The first-order valence-electron chi connectivity index (χ1n) is 4.59. The van der Waals surface area contributed by atoms with Crippen LogP contribution in [0.5, 0.6) is 0 Å². The second kappa shape index (κ2) is 3.55. The molecule has 0 radical (unpaired) electrons. The van der Waals surface area contributed by atoms with Crippen molar-refractivity contribution < 1.29 is 0 Å². The maximum Gasteiger partial charge on any atom is 0.0783 e. The van der Waals surface area contributed by atoms with Gasteiger partial charge in [0, 0.05) is 0 Å². The van der Waals surface area contributed by atoms with E-state index >= 15 is 0 Å². The van der Waals surface area contributed by atoms with E-state index in [4.69, 9.17) is 0 Å². The van der Waals surface area contributed by atoms with E-state index in [1.54, 1.807) is 0 Å². The van der Waals surface area contributed by atoms with Crippen LogP contribution >= 0.6 is 0 Å². The normalized spacial score (nSPS) is 14.7. The Kier molecular flexibility index (Phi) is 3.43. The number of hydrogen-bond donors (Lipinski definition) is 0. The number of hydrogen-bond acceptors (Lipinski definition) is 2. The molecule has 0 amide bonds. The van der Waals surface area contributed by atoms with Crippen molar-refractivity contribution in [2.75, 3.05) is 0 Å². The topological polar surface area (TPSA) is 24.7 Å². The molecule has 0 aromatic rings. The maximum absolute atomic E-state index is 4.35. The summed E-state index contributed by atoms with van der Waals surface area (Å²) in [6.07, 6.45) is 0. The summed E-state index contributed by atoms with van der Waals surface area (Å²) in [6, 6.07) is 0. The molecule has 0 fully saturated rings. The predicted octanol–water partition coefficient (Wildman–Crippen LogP) is 3.67. The Morgan fingerprint density at radius 3 is 1.50 bits per heavy atom. The van der Waals surface area contributed by atoms with Crippen molar-refractivity contribution >= 4 is 0 Å². The summed E-state index contributed by atoms with van der Waals surface area (Å²) in [7, 11) is 0. The molecule has 12 heavy (non-hydrogen) atoms. The van der Waals surface area contributed by atoms with Gasteiger partial charge in [-0.25, -0.2) is 0 Å². The molecule has 0 bridgehead atoms. The predicted molar refractivity (Wildman–Crippen MR) is 53.5 cm³/mol. The highest BCUT2D eigenvalue weighted by Gasteiger charge is 2.22. The van der Waals surface area contributed by atoms with Gasteiger partial charge in [0.05, 0.1) is 11.1 Å². The van der Waals surface area contributed by atoms with Gasteiger partial charge in [0.2, 0.25) is 0 Å². The molecule has 0 heterocycles. The van der Waals surface area contributed by atoms with Gasteiger partial charge in [-0.15, -0.1) is 0 Å². The van der Waals surface area contributed by atoms with Crippen LogP contribution in [0.2, 0.25) is 0 Å². The Balaban J connectivity index is 4.34. The van der Waals surface area contributed by atoms with Crippen molar-refractivity contribution in [1.29, 1.82) is 0 Å². The Morgan fingerprint density at radius 2 is 1.25 bits per heavy atom. The summed E-state index contributed by atoms with van der Waals surface area (Å²) in [5.74, 6) is 0.531. The lowest BCUT2D eigenvalue weighted by Gasteiger charge is -2.24. The summed E-state index contributed by atoms with van der Waals surface area (Å²) < 4.78 is 0. The lowest BCUT2D eigenvalue weighted by atomic mass is 9.92. The monoisotopic (exact) mass is 170 g/mol. The van der Waals surface area contributed by atoms with Crippen LogP contribution in [0.1, 0.15) is 48.5 Å². The van der Waals surface area contributed by atoms with Gasteiger partial charge in [0.1, 0.15) is 0 Å². The van der Waals surface area contributed by atoms with Gasteiger partial charge in [-0.3, -0.25) is 0 Å². The third-order valence-electron chi connectivity index (χ3n) is 2.02. The molecule has 0 unspecified atom stereocenters. The van der Waals surface area contributed by atoms with Gasteiger partial charge >= 0.3 is 0 Å². The van der Waals surface area contributed by atoms with E-state index in [0.717, 1.165) is 0 Å². The molecule has 0 atom stereocenters. The molecular weight excluding hydrogens is 148 g/mol. The molecule has 0 N–H and O–H groups in total. The second-order valence-corrected chi connectivity index (χ2v) is 5.18. The Morgan fingerprint density at radius 1 is 0.833 bits per heavy atom. The van der Waals surface area contributed by atoms with Gasteiger partial charge in [-0.1, -0.05) is 13.8 Å². The summed E-state index contributed by atoms with van der Waals surface area (Å²) in [5.41, 5.74) is -0.0839. The van der Waals surface area contributed by atoms with Gasteiger partial charge in [-0.2, -0.15) is 10.2 Å². The zero-order valence-corrected chi connectivity index (χ0v) is 9.47. The Bertz CT molecular complexity index is 161. The molecule has 2 nitrogen and oxygen atoms in total. The zero-order valence-electron chi connectivity index (χ0n) is 9.47. The van der Waals surface area contributed by atoms with E-state index in [2.05, 4.69) is 58.7 Å². The first-order chi connectivity index (χ1) is 5.15. The highest BCUT2D eigenvalue weighted by Crippen LogP contribution is 2.22. The molecule has 0 aliphatic rings. The largest absolute Gasteiger partial charge is 0.188 e. The van der Waals surface area contributed by atoms with E-state index in [9.17, 15) is 0 Å². The van der Waals surface area contributed by atoms with Crippen molar-refractivity contribution in [2.24, 2.45) is 16.1 Å². The summed E-state index contributed by atoms with van der Waals surface area (Å²) in [4.78, 5) is 0. The molecular formula is C10H22N2. The molecule has 2 heteroatoms. The molecule has 0 aromatic carbocycles. The quantitative estimate of drug-likeness (QED) is 0.565. The molecule has 0 aliphatic carbocycles. The fraction of sp³-hybridized carbons (Fsp3) is 1.00. The minimum Gasteiger partial charge on any atom is -0.188 e. The fourth-order valence-corrected chi connectivity index (χ4v) is 0.394. The highest BCUT2D eigenvalue weighted by molar-refractivity contribution is 4.80. The molecule has 0 aromatic heterocycles. The number of rotatable bonds is 2. The van der Waals surface area contributed by atoms with Crippen LogP contribution < -0.4 is 0 Å². The zero-order chi connectivity index (χ0) is 9.99. The molecule has 0 rings (SSSR count). The van der Waals surface area contributed by atoms with Crippen LogP contribution in [0.25, 0.3) is 0 Å². The van der Waals surface area contributed by atoms with Crippen LogP contribution in [-0.4, -0.2) is 11.1 Å². The van der Waals surface area contributed by atoms with E-state index in [1.165, 1.54) is 0 Å². The Hall–Kier alpha value is -0.400. The van der Waals surface area contributed by atoms with Gasteiger partial charge < -0.3 is 0 Å². The van der Waals surface area contributed by atoms with Crippen LogP contribution in [0.15, 0.2) is 10.2 Å². The third-order valence-corrected chi connectivity index (χ3v) is 2.02. The average molecular weight is 170 g/mol. The highest BCUT2D eigenvalue weighted by atomic mass is 15.2. The molecule has 72 valence electrons. The first-order valence-corrected chi connectivity index (χ1v) is 4.59. The van der Waals surface area contributed by atoms with Gasteiger partial charge in [-0.05, 0) is 40.5 Å². The SMILES string of the molecule is CC(C)C(C)(C)N=NC(C)(C)C. The van der Waals surface area contributed by atoms with E-state index < -0.39 is 0 Å². The minimum absolute atomic E-state index is 0.0344. The van der Waals surface area contributed by atoms with Gasteiger partial charge in [0.25, 0.3) is 0 Å². The van der Waals surface area contributed by atoms with Crippen molar-refractivity contribution in [3.05, 3.63) is 0 Å². The fourth-order valence-electron chi connectivity index (χ4n) is 0.394. The molecule has 0 aliphatic heterocycles. The van der Waals surface area contributed by atoms with E-state index in [1.807, 2.05) is 0 Å². The summed E-state index contributed by atoms with van der Waals surface area (Å²) >= 11 is 0. The van der Waals surface area contributed by atoms with Crippen molar-refractivity contribution in [3.63, 3.8) is 0 Å². The minimum atomic E-state index is -0.0494. The van der Waals surface area contributed by atoms with E-state index in [-0.39, 0.29) is 11.1 Å². The second-order valence-electron chi connectivity index (χ2n) is 5.18. The van der Waals surface area contributed by atoms with Crippen LogP contribution in [0.3, 0.4) is 0 Å². The van der Waals surface area contributed by atoms with Crippen LogP contribution in [-0.2, 0) is 0 Å². The molecule has 0 saturated heterocycles. The lowest BCUT2D eigenvalue weighted by molar-refractivity contribution is 0.340. The number of nitrogens with zero attached hydrogens (tertiary/aromatic N) is 2. The summed E-state index contributed by atoms with van der Waals surface area (Å²) in [6.45, 7) is 14.8. The van der Waals surface area contributed by atoms with Crippen molar-refractivity contribution in [2.45, 2.75) is 59.5 Å². The summed E-state index contributed by atoms with van der Waals surface area (Å²) in [5, 5.41) is 8.63. The van der Waals surface area contributed by atoms with Crippen LogP contribution in [0, 0.1) is 5.92 Å².